The van der Waals surface area contributed by atoms with E-state index in [4.69, 9.17) is 28.4 Å². The van der Waals surface area contributed by atoms with Crippen molar-refractivity contribution in [2.45, 2.75) is 91.0 Å². The van der Waals surface area contributed by atoms with E-state index in [0.717, 1.165) is 0 Å². The molecule has 0 aromatic heterocycles. The van der Waals surface area contributed by atoms with Gasteiger partial charge in [0.25, 0.3) is 0 Å². The molecule has 3 aromatic rings. The van der Waals surface area contributed by atoms with Gasteiger partial charge in [-0.05, 0) is 91.6 Å². The number of benzene rings is 3. The lowest BCUT2D eigenvalue weighted by Crippen LogP contribution is -2.58. The molecule has 0 aliphatic carbocycles. The third-order valence-corrected chi connectivity index (χ3v) is 11.8. The minimum absolute atomic E-state index is 0.0178. The molecule has 76 heavy (non-hydrogen) atoms. The number of rotatable bonds is 38. The Kier molecular flexibility index (Phi) is 29.3. The summed E-state index contributed by atoms with van der Waals surface area (Å²) in [5, 5.41) is 19.4. The molecule has 2 unspecified atom stereocenters. The molecule has 21 nitrogen and oxygen atoms in total. The first-order chi connectivity index (χ1) is 36.4. The zero-order chi connectivity index (χ0) is 55.7. The molecular weight excluding hydrogens is 983 g/mol. The van der Waals surface area contributed by atoms with Gasteiger partial charge in [0, 0.05) is 93.5 Å². The summed E-state index contributed by atoms with van der Waals surface area (Å²) in [6.45, 7) is 6.88. The summed E-state index contributed by atoms with van der Waals surface area (Å²) in [6, 6.07) is 20.5. The Morgan fingerprint density at radius 3 is 1.07 bits per heavy atom. The van der Waals surface area contributed by atoms with Crippen molar-refractivity contribution in [2.24, 2.45) is 17.8 Å². The number of carbonyl (C=O) groups excluding carboxylic acids is 8. The van der Waals surface area contributed by atoms with Gasteiger partial charge >= 0.3 is 0 Å². The van der Waals surface area contributed by atoms with Crippen LogP contribution in [-0.4, -0.2) is 133 Å². The van der Waals surface area contributed by atoms with Gasteiger partial charge in [0.1, 0.15) is 28.6 Å². The van der Waals surface area contributed by atoms with E-state index in [2.05, 4.69) is 37.2 Å². The number of amides is 7. The highest BCUT2D eigenvalue weighted by molar-refractivity contribution is 5.92. The number of ether oxygens (including phenoxy) is 6. The SMILES string of the molecule is COc1ccc(NC(=O)CCNC(=O)CCOCC(COCCC(=O)NCCC(=O)Nc2ccc(OC)cc2)(COCCC(=O)NCCC(=O)Nc2ccc(OC)cc2)NC(=O)CCC(C)CC(C)C(=O)C(C)C)cc1. The fourth-order valence-corrected chi connectivity index (χ4v) is 7.58. The second kappa shape index (κ2) is 35.2. The Hall–Kier alpha value is -7.10. The molecule has 3 aromatic carbocycles. The second-order valence-corrected chi connectivity index (χ2v) is 18.7. The zero-order valence-corrected chi connectivity index (χ0v) is 45.1. The van der Waals surface area contributed by atoms with Crippen LogP contribution < -0.4 is 51.4 Å². The van der Waals surface area contributed by atoms with Crippen molar-refractivity contribution in [3.05, 3.63) is 72.8 Å². The van der Waals surface area contributed by atoms with Crippen LogP contribution in [0.3, 0.4) is 0 Å². The molecule has 0 spiro atoms. The molecule has 21 heteroatoms. The molecule has 0 saturated carbocycles. The standard InChI is InChI=1S/C55H79N7O14/c1-38(2)54(70)40(4)34-39(3)8-21-53(69)62-55(35-74-31-25-47(63)56-28-22-50(66)59-41-9-15-44(71-5)16-10-41,36-75-32-26-48(64)57-29-23-51(67)60-42-11-17-45(72-6)18-12-42)37-76-33-27-49(65)58-30-24-52(68)61-43-13-19-46(73-7)20-14-43/h9-20,38-40H,8,21-37H2,1-7H3,(H,56,63)(H,57,64)(H,58,65)(H,59,66)(H,60,67)(H,61,68)(H,62,69). The fourth-order valence-electron chi connectivity index (χ4n) is 7.58. The van der Waals surface area contributed by atoms with Crippen LogP contribution in [0.5, 0.6) is 17.2 Å². The number of hydrogen-bond acceptors (Lipinski definition) is 14. The number of ketones is 1. The van der Waals surface area contributed by atoms with Gasteiger partial charge in [0.05, 0.1) is 61.0 Å². The summed E-state index contributed by atoms with van der Waals surface area (Å²) in [5.74, 6) is -0.588. The Morgan fingerprint density at radius 1 is 0.434 bits per heavy atom. The van der Waals surface area contributed by atoms with E-state index in [9.17, 15) is 38.4 Å². The Balaban J connectivity index is 1.64. The minimum atomic E-state index is -1.39. The highest BCUT2D eigenvalue weighted by Gasteiger charge is 2.34. The van der Waals surface area contributed by atoms with Crippen LogP contribution in [0.15, 0.2) is 72.8 Å². The monoisotopic (exact) mass is 1060 g/mol. The van der Waals surface area contributed by atoms with E-state index in [1.165, 1.54) is 0 Å². The first kappa shape index (κ1) is 63.2. The predicted molar refractivity (Wildman–Crippen MR) is 287 cm³/mol. The topological polar surface area (TPSA) is 276 Å². The van der Waals surface area contributed by atoms with Gasteiger partial charge in [-0.3, -0.25) is 38.4 Å². The fraction of sp³-hybridized carbons (Fsp3) is 0.527. The molecule has 0 radical (unpaired) electrons. The van der Waals surface area contributed by atoms with Gasteiger partial charge in [-0.15, -0.1) is 0 Å². The van der Waals surface area contributed by atoms with E-state index in [-0.39, 0.29) is 169 Å². The average Bonchev–Trinajstić information content (AvgIpc) is 3.39. The first-order valence-electron chi connectivity index (χ1n) is 25.6. The van der Waals surface area contributed by atoms with E-state index < -0.39 is 5.54 Å². The van der Waals surface area contributed by atoms with Gasteiger partial charge in [-0.2, -0.15) is 0 Å². The van der Waals surface area contributed by atoms with Crippen molar-refractivity contribution in [3.63, 3.8) is 0 Å². The van der Waals surface area contributed by atoms with E-state index in [1.54, 1.807) is 94.1 Å². The highest BCUT2D eigenvalue weighted by atomic mass is 16.5. The highest BCUT2D eigenvalue weighted by Crippen LogP contribution is 2.22. The van der Waals surface area contributed by atoms with Crippen molar-refractivity contribution >= 4 is 64.2 Å². The maximum absolute atomic E-state index is 13.8. The lowest BCUT2D eigenvalue weighted by Gasteiger charge is -2.34. The Morgan fingerprint density at radius 2 is 0.763 bits per heavy atom. The summed E-state index contributed by atoms with van der Waals surface area (Å²) < 4.78 is 33.5. The Bertz CT molecular complexity index is 2070. The van der Waals surface area contributed by atoms with Crippen LogP contribution in [0.25, 0.3) is 0 Å². The predicted octanol–water partition coefficient (Wildman–Crippen LogP) is 5.19. The molecule has 0 saturated heterocycles. The van der Waals surface area contributed by atoms with Crippen molar-refractivity contribution < 1.29 is 66.8 Å². The lowest BCUT2D eigenvalue weighted by molar-refractivity contribution is -0.131. The number of Topliss-reactive ketones (excluding diaryl/α,β-unsaturated/α-hetero) is 1. The lowest BCUT2D eigenvalue weighted by atomic mass is 9.87. The molecule has 0 bridgehead atoms. The largest absolute Gasteiger partial charge is 0.497 e. The molecule has 2 atom stereocenters. The van der Waals surface area contributed by atoms with Gasteiger partial charge in [0.15, 0.2) is 0 Å². The summed E-state index contributed by atoms with van der Waals surface area (Å²) in [6.07, 6.45) is 0.939. The van der Waals surface area contributed by atoms with Crippen LogP contribution in [0.2, 0.25) is 0 Å². The number of nitrogens with one attached hydrogen (secondary N) is 7. The number of carbonyl (C=O) groups is 8. The van der Waals surface area contributed by atoms with E-state index in [0.29, 0.717) is 47.2 Å². The number of methoxy groups -OCH3 is 3. The first-order valence-corrected chi connectivity index (χ1v) is 25.6. The van der Waals surface area contributed by atoms with Crippen LogP contribution in [0.4, 0.5) is 17.1 Å². The summed E-state index contributed by atoms with van der Waals surface area (Å²) in [7, 11) is 4.63. The maximum Gasteiger partial charge on any atom is 0.226 e. The molecule has 418 valence electrons. The normalized spacial score (nSPS) is 11.8. The number of hydrogen-bond donors (Lipinski definition) is 7. The van der Waals surface area contributed by atoms with Gasteiger partial charge < -0.3 is 65.6 Å². The summed E-state index contributed by atoms with van der Waals surface area (Å²) in [5.41, 5.74) is 0.347. The van der Waals surface area contributed by atoms with Crippen molar-refractivity contribution in [1.82, 2.24) is 21.3 Å². The van der Waals surface area contributed by atoms with Gasteiger partial charge in [0.2, 0.25) is 41.4 Å². The van der Waals surface area contributed by atoms with Crippen molar-refractivity contribution in [2.75, 3.05) is 96.6 Å². The molecule has 0 fully saturated rings. The maximum atomic E-state index is 13.8. The average molecular weight is 1060 g/mol. The van der Waals surface area contributed by atoms with Crippen molar-refractivity contribution in [1.29, 1.82) is 0 Å². The second-order valence-electron chi connectivity index (χ2n) is 18.7. The van der Waals surface area contributed by atoms with Crippen LogP contribution >= 0.6 is 0 Å². The van der Waals surface area contributed by atoms with E-state index in [1.807, 2.05) is 27.7 Å². The minimum Gasteiger partial charge on any atom is -0.497 e. The smallest absolute Gasteiger partial charge is 0.226 e. The third kappa shape index (κ3) is 26.4. The molecule has 0 aliphatic heterocycles. The van der Waals surface area contributed by atoms with Crippen LogP contribution in [0.1, 0.15) is 85.5 Å². The van der Waals surface area contributed by atoms with Crippen LogP contribution in [0, 0.1) is 17.8 Å². The molecule has 0 aliphatic rings. The molecular formula is C55H79N7O14. The molecule has 0 heterocycles. The summed E-state index contributed by atoms with van der Waals surface area (Å²) in [4.78, 5) is 102. The van der Waals surface area contributed by atoms with Gasteiger partial charge in [-0.1, -0.05) is 27.7 Å². The molecule has 3 rings (SSSR count). The quantitative estimate of drug-likeness (QED) is 0.0364. The van der Waals surface area contributed by atoms with Gasteiger partial charge in [-0.25, -0.2) is 0 Å². The molecule has 7 amide bonds. The van der Waals surface area contributed by atoms with Crippen LogP contribution in [-0.2, 0) is 52.6 Å². The van der Waals surface area contributed by atoms with E-state index >= 15 is 0 Å². The Labute approximate surface area is 446 Å². The number of anilines is 3. The third-order valence-electron chi connectivity index (χ3n) is 11.8. The summed E-state index contributed by atoms with van der Waals surface area (Å²) >= 11 is 0. The zero-order valence-electron chi connectivity index (χ0n) is 45.1. The molecule has 7 N–H and O–H groups in total. The van der Waals surface area contributed by atoms with Crippen molar-refractivity contribution in [3.8, 4) is 17.2 Å².